The summed E-state index contributed by atoms with van der Waals surface area (Å²) in [5.74, 6) is 4.41. The van der Waals surface area contributed by atoms with Crippen LogP contribution < -0.4 is 11.3 Å². The standard InChI is InChI=1S/C10H6BrF4N3/c11-4-1-2-5(12)8-6(18-16)3-7(10(13,14)15)17-9(4)8/h1-3H,16H2,(H,17,18). The third kappa shape index (κ3) is 2.13. The Morgan fingerprint density at radius 2 is 1.94 bits per heavy atom. The molecule has 96 valence electrons. The molecular weight excluding hydrogens is 318 g/mol. The Labute approximate surface area is 107 Å². The lowest BCUT2D eigenvalue weighted by Crippen LogP contribution is -2.13. The highest BCUT2D eigenvalue weighted by Gasteiger charge is 2.34. The van der Waals surface area contributed by atoms with Crippen molar-refractivity contribution in [3.63, 3.8) is 0 Å². The maximum Gasteiger partial charge on any atom is 0.433 e. The van der Waals surface area contributed by atoms with E-state index >= 15 is 0 Å². The Hall–Kier alpha value is -1.41. The largest absolute Gasteiger partial charge is 0.433 e. The van der Waals surface area contributed by atoms with Crippen LogP contribution in [0.5, 0.6) is 0 Å². The number of hydrogen-bond acceptors (Lipinski definition) is 3. The monoisotopic (exact) mass is 323 g/mol. The Morgan fingerprint density at radius 1 is 1.28 bits per heavy atom. The molecule has 3 nitrogen and oxygen atoms in total. The Morgan fingerprint density at radius 3 is 2.50 bits per heavy atom. The van der Waals surface area contributed by atoms with Crippen LogP contribution in [0.25, 0.3) is 10.9 Å². The van der Waals surface area contributed by atoms with Crippen LogP contribution in [0.1, 0.15) is 5.69 Å². The summed E-state index contributed by atoms with van der Waals surface area (Å²) in [6.45, 7) is 0. The van der Waals surface area contributed by atoms with Crippen LogP contribution in [0.3, 0.4) is 0 Å². The van der Waals surface area contributed by atoms with Crippen molar-refractivity contribution in [1.82, 2.24) is 4.98 Å². The summed E-state index contributed by atoms with van der Waals surface area (Å²) >= 11 is 3.03. The second-order valence-corrected chi connectivity index (χ2v) is 4.30. The summed E-state index contributed by atoms with van der Waals surface area (Å²) in [6.07, 6.45) is -4.63. The number of nitrogens with two attached hydrogens (primary N) is 1. The number of pyridine rings is 1. The van der Waals surface area contributed by atoms with Crippen molar-refractivity contribution >= 4 is 32.5 Å². The second-order valence-electron chi connectivity index (χ2n) is 3.45. The molecule has 8 heteroatoms. The number of nitrogens with zero attached hydrogens (tertiary/aromatic N) is 1. The van der Waals surface area contributed by atoms with Crippen molar-refractivity contribution < 1.29 is 17.6 Å². The van der Waals surface area contributed by atoms with Crippen LogP contribution in [0, 0.1) is 5.82 Å². The van der Waals surface area contributed by atoms with Crippen molar-refractivity contribution in [2.24, 2.45) is 5.84 Å². The van der Waals surface area contributed by atoms with E-state index in [1.54, 1.807) is 0 Å². The molecule has 0 aliphatic rings. The van der Waals surface area contributed by atoms with Gasteiger partial charge in [0.25, 0.3) is 0 Å². The van der Waals surface area contributed by atoms with Crippen molar-refractivity contribution in [2.45, 2.75) is 6.18 Å². The summed E-state index contributed by atoms with van der Waals surface area (Å²) in [6, 6.07) is 3.06. The number of rotatable bonds is 1. The molecule has 2 rings (SSSR count). The molecule has 0 radical (unpaired) electrons. The van der Waals surface area contributed by atoms with E-state index in [2.05, 4.69) is 20.9 Å². The number of aromatic nitrogens is 1. The van der Waals surface area contributed by atoms with E-state index in [0.717, 1.165) is 6.07 Å². The van der Waals surface area contributed by atoms with E-state index in [1.807, 2.05) is 5.43 Å². The second kappa shape index (κ2) is 4.36. The lowest BCUT2D eigenvalue weighted by atomic mass is 10.1. The number of fused-ring (bicyclic) bond motifs is 1. The number of alkyl halides is 3. The molecule has 0 saturated heterocycles. The van der Waals surface area contributed by atoms with E-state index in [0.29, 0.717) is 6.07 Å². The van der Waals surface area contributed by atoms with Gasteiger partial charge < -0.3 is 5.43 Å². The summed E-state index contributed by atoms with van der Waals surface area (Å²) in [4.78, 5) is 3.41. The van der Waals surface area contributed by atoms with Crippen molar-refractivity contribution in [2.75, 3.05) is 5.43 Å². The third-order valence-electron chi connectivity index (χ3n) is 2.31. The van der Waals surface area contributed by atoms with Crippen LogP contribution in [0.4, 0.5) is 23.2 Å². The molecule has 0 atom stereocenters. The molecule has 0 amide bonds. The molecule has 2 aromatic rings. The Balaban J connectivity index is 2.88. The van der Waals surface area contributed by atoms with Gasteiger partial charge in [0.2, 0.25) is 0 Å². The van der Waals surface area contributed by atoms with E-state index in [-0.39, 0.29) is 21.1 Å². The highest BCUT2D eigenvalue weighted by Crippen LogP contribution is 2.36. The lowest BCUT2D eigenvalue weighted by Gasteiger charge is -2.12. The first-order valence-electron chi connectivity index (χ1n) is 4.67. The molecule has 0 saturated carbocycles. The van der Waals surface area contributed by atoms with Gasteiger partial charge in [-0.1, -0.05) is 0 Å². The van der Waals surface area contributed by atoms with Crippen LogP contribution >= 0.6 is 15.9 Å². The first-order valence-corrected chi connectivity index (χ1v) is 5.46. The van der Waals surface area contributed by atoms with Gasteiger partial charge in [-0.25, -0.2) is 9.37 Å². The molecule has 0 fully saturated rings. The quantitative estimate of drug-likeness (QED) is 0.480. The average Bonchev–Trinajstić information content (AvgIpc) is 2.31. The zero-order valence-corrected chi connectivity index (χ0v) is 10.2. The number of benzene rings is 1. The zero-order chi connectivity index (χ0) is 13.5. The highest BCUT2D eigenvalue weighted by atomic mass is 79.9. The number of nitrogens with one attached hydrogen (secondary N) is 1. The van der Waals surface area contributed by atoms with Crippen molar-refractivity contribution in [1.29, 1.82) is 0 Å². The summed E-state index contributed by atoms with van der Waals surface area (Å²) in [5, 5.41) is -0.0973. The number of hydrogen-bond donors (Lipinski definition) is 2. The third-order valence-corrected chi connectivity index (χ3v) is 2.95. The normalized spacial score (nSPS) is 11.9. The Kier molecular flexibility index (Phi) is 3.16. The molecular formula is C10H6BrF4N3. The van der Waals surface area contributed by atoms with Gasteiger partial charge in [0.1, 0.15) is 11.5 Å². The number of halogens is 5. The minimum atomic E-state index is -4.63. The summed E-state index contributed by atoms with van der Waals surface area (Å²) in [5.41, 5.74) is 0.590. The predicted octanol–water partition coefficient (Wildman–Crippen LogP) is 3.44. The summed E-state index contributed by atoms with van der Waals surface area (Å²) in [7, 11) is 0. The molecule has 0 bridgehead atoms. The average molecular weight is 324 g/mol. The molecule has 3 N–H and O–H groups in total. The van der Waals surface area contributed by atoms with Gasteiger partial charge in [-0.3, -0.25) is 5.84 Å². The van der Waals surface area contributed by atoms with Gasteiger partial charge in [-0.05, 0) is 34.1 Å². The molecule has 0 aliphatic carbocycles. The minimum Gasteiger partial charge on any atom is -0.323 e. The SMILES string of the molecule is NNc1cc(C(F)(F)F)nc2c(Br)ccc(F)c12. The fourth-order valence-electron chi connectivity index (χ4n) is 1.53. The van der Waals surface area contributed by atoms with E-state index < -0.39 is 17.7 Å². The van der Waals surface area contributed by atoms with Crippen LogP contribution in [-0.4, -0.2) is 4.98 Å². The topological polar surface area (TPSA) is 50.9 Å². The first-order chi connectivity index (χ1) is 8.34. The van der Waals surface area contributed by atoms with Crippen LogP contribution in [0.15, 0.2) is 22.7 Å². The van der Waals surface area contributed by atoms with Gasteiger partial charge >= 0.3 is 6.18 Å². The fourth-order valence-corrected chi connectivity index (χ4v) is 1.95. The maximum atomic E-state index is 13.6. The maximum absolute atomic E-state index is 13.6. The summed E-state index contributed by atoms with van der Waals surface area (Å²) < 4.78 is 51.7. The number of anilines is 1. The Bertz CT molecular complexity index is 612. The van der Waals surface area contributed by atoms with Crippen molar-refractivity contribution in [3.05, 3.63) is 34.2 Å². The number of nitrogen functional groups attached to an aromatic ring is 1. The van der Waals surface area contributed by atoms with E-state index in [1.165, 1.54) is 6.07 Å². The minimum absolute atomic E-state index is 0.0973. The fraction of sp³-hybridized carbons (Fsp3) is 0.100. The smallest absolute Gasteiger partial charge is 0.323 e. The predicted molar refractivity (Wildman–Crippen MR) is 62.2 cm³/mol. The van der Waals surface area contributed by atoms with Crippen molar-refractivity contribution in [3.8, 4) is 0 Å². The van der Waals surface area contributed by atoms with Gasteiger partial charge in [-0.15, -0.1) is 0 Å². The molecule has 1 aromatic carbocycles. The number of hydrazine groups is 1. The molecule has 0 unspecified atom stereocenters. The molecule has 0 spiro atoms. The molecule has 1 heterocycles. The first kappa shape index (κ1) is 13.0. The molecule has 18 heavy (non-hydrogen) atoms. The van der Waals surface area contributed by atoms with Crippen LogP contribution in [-0.2, 0) is 6.18 Å². The lowest BCUT2D eigenvalue weighted by molar-refractivity contribution is -0.140. The van der Waals surface area contributed by atoms with E-state index in [4.69, 9.17) is 5.84 Å². The van der Waals surface area contributed by atoms with Gasteiger partial charge in [0.05, 0.1) is 16.6 Å². The van der Waals surface area contributed by atoms with Gasteiger partial charge in [-0.2, -0.15) is 13.2 Å². The van der Waals surface area contributed by atoms with Gasteiger partial charge in [0, 0.05) is 4.47 Å². The van der Waals surface area contributed by atoms with Crippen LogP contribution in [0.2, 0.25) is 0 Å². The van der Waals surface area contributed by atoms with E-state index in [9.17, 15) is 17.6 Å². The molecule has 1 aromatic heterocycles. The van der Waals surface area contributed by atoms with Gasteiger partial charge in [0.15, 0.2) is 0 Å². The zero-order valence-electron chi connectivity index (χ0n) is 8.65. The highest BCUT2D eigenvalue weighted by molar-refractivity contribution is 9.10. The molecule has 0 aliphatic heterocycles.